The van der Waals surface area contributed by atoms with E-state index >= 15 is 0 Å². The summed E-state index contributed by atoms with van der Waals surface area (Å²) in [6.07, 6.45) is 0.577. The number of nitrogens with two attached hydrogens (primary N) is 1. The van der Waals surface area contributed by atoms with Crippen molar-refractivity contribution < 1.29 is 14.4 Å². The molecule has 1 fully saturated rings. The summed E-state index contributed by atoms with van der Waals surface area (Å²) >= 11 is 0. The Morgan fingerprint density at radius 2 is 2.10 bits per heavy atom. The summed E-state index contributed by atoms with van der Waals surface area (Å²) in [5.74, 6) is -0.961. The van der Waals surface area contributed by atoms with Gasteiger partial charge in [-0.25, -0.2) is 0 Å². The quantitative estimate of drug-likeness (QED) is 0.521. The predicted molar refractivity (Wildman–Crippen MR) is 75.8 cm³/mol. The van der Waals surface area contributed by atoms with Crippen LogP contribution < -0.4 is 16.5 Å². The fraction of sp³-hybridized carbons (Fsp3) is 0.357. The van der Waals surface area contributed by atoms with Gasteiger partial charge in [0.2, 0.25) is 11.8 Å². The second-order valence-electron chi connectivity index (χ2n) is 5.32. The number of benzene rings is 1. The van der Waals surface area contributed by atoms with Gasteiger partial charge >= 0.3 is 0 Å². The van der Waals surface area contributed by atoms with Gasteiger partial charge in [0.25, 0.3) is 5.91 Å². The predicted octanol–water partition coefficient (Wildman–Crippen LogP) is -1.30. The van der Waals surface area contributed by atoms with Gasteiger partial charge in [-0.2, -0.15) is 0 Å². The molecule has 1 saturated heterocycles. The van der Waals surface area contributed by atoms with Crippen molar-refractivity contribution in [2.75, 3.05) is 0 Å². The molecule has 7 heteroatoms. The van der Waals surface area contributed by atoms with Crippen molar-refractivity contribution in [2.45, 2.75) is 32.0 Å². The van der Waals surface area contributed by atoms with Gasteiger partial charge in [0.05, 0.1) is 0 Å². The number of hydrogen-bond donors (Lipinski definition) is 2. The smallest absolute Gasteiger partial charge is 0.255 e. The molecule has 2 heterocycles. The van der Waals surface area contributed by atoms with Crippen molar-refractivity contribution >= 4 is 31.0 Å². The maximum Gasteiger partial charge on any atom is 0.255 e. The topological polar surface area (TPSA) is 92.5 Å². The lowest BCUT2D eigenvalue weighted by molar-refractivity contribution is -0.136. The van der Waals surface area contributed by atoms with Crippen LogP contribution in [0.15, 0.2) is 12.1 Å². The van der Waals surface area contributed by atoms with Gasteiger partial charge in [-0.05, 0) is 23.6 Å². The van der Waals surface area contributed by atoms with Crippen LogP contribution in [0.25, 0.3) is 0 Å². The van der Waals surface area contributed by atoms with E-state index in [4.69, 9.17) is 13.6 Å². The summed E-state index contributed by atoms with van der Waals surface area (Å²) in [7, 11) is 5.97. The molecular formula is C14H14BN3O3. The highest BCUT2D eigenvalue weighted by Crippen LogP contribution is 2.26. The molecule has 3 rings (SSSR count). The number of carbonyl (C=O) groups excluding carboxylic acids is 3. The molecule has 0 aliphatic carbocycles. The van der Waals surface area contributed by atoms with Crippen molar-refractivity contribution in [3.63, 3.8) is 0 Å². The number of nitrogens with zero attached hydrogens (tertiary/aromatic N) is 1. The van der Waals surface area contributed by atoms with E-state index in [2.05, 4.69) is 5.32 Å². The monoisotopic (exact) mass is 283 g/mol. The first-order chi connectivity index (χ1) is 10.0. The Balaban J connectivity index is 1.92. The summed E-state index contributed by atoms with van der Waals surface area (Å²) in [4.78, 5) is 37.1. The minimum Gasteiger partial charge on any atom is -0.326 e. The molecule has 1 atom stereocenters. The van der Waals surface area contributed by atoms with Crippen LogP contribution in [0, 0.1) is 0 Å². The molecule has 0 spiro atoms. The number of nitrogens with one attached hydrogen (secondary N) is 1. The number of hydrogen-bond acceptors (Lipinski definition) is 4. The third-order valence-corrected chi connectivity index (χ3v) is 3.99. The van der Waals surface area contributed by atoms with Gasteiger partial charge in [-0.1, -0.05) is 11.5 Å². The molecule has 3 amide bonds. The second-order valence-corrected chi connectivity index (χ2v) is 5.32. The van der Waals surface area contributed by atoms with Crippen molar-refractivity contribution in [2.24, 2.45) is 5.73 Å². The Morgan fingerprint density at radius 3 is 2.76 bits per heavy atom. The average Bonchev–Trinajstić information content (AvgIpc) is 2.77. The second kappa shape index (κ2) is 5.00. The fourth-order valence-corrected chi connectivity index (χ4v) is 2.87. The summed E-state index contributed by atoms with van der Waals surface area (Å²) in [6.45, 7) is 0.584. The van der Waals surface area contributed by atoms with Gasteiger partial charge in [-0.15, -0.1) is 0 Å². The molecule has 106 valence electrons. The third-order valence-electron chi connectivity index (χ3n) is 3.99. The summed E-state index contributed by atoms with van der Waals surface area (Å²) in [6, 6.07) is 2.85. The molecule has 2 radical (unpaired) electrons. The highest BCUT2D eigenvalue weighted by Gasteiger charge is 2.39. The lowest BCUT2D eigenvalue weighted by Crippen LogP contribution is -2.52. The van der Waals surface area contributed by atoms with E-state index in [1.165, 1.54) is 4.90 Å². The van der Waals surface area contributed by atoms with Crippen LogP contribution in [-0.2, 0) is 22.7 Å². The highest BCUT2D eigenvalue weighted by molar-refractivity contribution is 6.34. The van der Waals surface area contributed by atoms with Crippen LogP contribution in [0.4, 0.5) is 0 Å². The number of fused-ring (bicyclic) bond motifs is 1. The zero-order valence-corrected chi connectivity index (χ0v) is 11.4. The lowest BCUT2D eigenvalue weighted by Gasteiger charge is -2.29. The van der Waals surface area contributed by atoms with Gasteiger partial charge in [0.15, 0.2) is 0 Å². The summed E-state index contributed by atoms with van der Waals surface area (Å²) in [5, 5.41) is 2.27. The van der Waals surface area contributed by atoms with Crippen LogP contribution >= 0.6 is 0 Å². The first kappa shape index (κ1) is 13.8. The molecule has 2 aliphatic rings. The number of piperidine rings is 1. The van der Waals surface area contributed by atoms with Gasteiger partial charge < -0.3 is 10.6 Å². The Morgan fingerprint density at radius 1 is 1.33 bits per heavy atom. The molecule has 21 heavy (non-hydrogen) atoms. The average molecular weight is 283 g/mol. The van der Waals surface area contributed by atoms with E-state index in [-0.39, 0.29) is 24.8 Å². The molecule has 2 aliphatic heterocycles. The lowest BCUT2D eigenvalue weighted by atomic mass is 9.87. The maximum atomic E-state index is 12.5. The minimum absolute atomic E-state index is 0.235. The largest absolute Gasteiger partial charge is 0.326 e. The number of imide groups is 1. The van der Waals surface area contributed by atoms with E-state index in [1.807, 2.05) is 0 Å². The zero-order valence-electron chi connectivity index (χ0n) is 11.4. The van der Waals surface area contributed by atoms with Crippen LogP contribution in [0.2, 0.25) is 0 Å². The standard InChI is InChI=1S/C14H14BN3O3/c15-10-4-7(5-16)3-8-9(10)6-18(14(8)21)11-1-2-12(19)17-13(11)20/h3-4,11H,1-2,5-6,16H2,(H,17,19,20). The van der Waals surface area contributed by atoms with Crippen LogP contribution in [0.5, 0.6) is 0 Å². The van der Waals surface area contributed by atoms with E-state index in [9.17, 15) is 14.4 Å². The van der Waals surface area contributed by atoms with Crippen molar-refractivity contribution in [1.82, 2.24) is 10.2 Å². The minimum atomic E-state index is -0.622. The Labute approximate surface area is 123 Å². The Hall–Kier alpha value is -2.15. The SMILES string of the molecule is [B]c1cc(CN)cc2c1CN(C1CCC(=O)NC1=O)C2=O. The molecule has 0 bridgehead atoms. The molecule has 0 aromatic heterocycles. The van der Waals surface area contributed by atoms with Crippen molar-refractivity contribution in [3.8, 4) is 0 Å². The van der Waals surface area contributed by atoms with Crippen molar-refractivity contribution in [3.05, 3.63) is 28.8 Å². The van der Waals surface area contributed by atoms with E-state index in [1.54, 1.807) is 12.1 Å². The first-order valence-electron chi connectivity index (χ1n) is 6.77. The zero-order chi connectivity index (χ0) is 15.1. The molecule has 1 unspecified atom stereocenters. The molecule has 1 aromatic rings. The van der Waals surface area contributed by atoms with Crippen LogP contribution in [0.1, 0.15) is 34.3 Å². The first-order valence-corrected chi connectivity index (χ1v) is 6.77. The molecule has 0 saturated carbocycles. The van der Waals surface area contributed by atoms with Gasteiger partial charge in [-0.3, -0.25) is 19.7 Å². The summed E-state index contributed by atoms with van der Waals surface area (Å²) < 4.78 is 0. The van der Waals surface area contributed by atoms with Crippen molar-refractivity contribution in [1.29, 1.82) is 0 Å². The van der Waals surface area contributed by atoms with E-state index in [0.717, 1.165) is 11.1 Å². The highest BCUT2D eigenvalue weighted by atomic mass is 16.2. The van der Waals surface area contributed by atoms with Gasteiger partial charge in [0, 0.05) is 25.1 Å². The number of amides is 3. The molecule has 3 N–H and O–H groups in total. The Bertz CT molecular complexity index is 659. The molecular weight excluding hydrogens is 269 g/mol. The Kier molecular flexibility index (Phi) is 3.29. The van der Waals surface area contributed by atoms with Crippen LogP contribution in [-0.4, -0.2) is 36.5 Å². The van der Waals surface area contributed by atoms with E-state index < -0.39 is 11.9 Å². The fourth-order valence-electron chi connectivity index (χ4n) is 2.87. The van der Waals surface area contributed by atoms with Gasteiger partial charge in [0.1, 0.15) is 13.9 Å². The maximum absolute atomic E-state index is 12.5. The van der Waals surface area contributed by atoms with Crippen LogP contribution in [0.3, 0.4) is 0 Å². The molecule has 1 aromatic carbocycles. The third kappa shape index (κ3) is 2.23. The number of carbonyl (C=O) groups is 3. The number of rotatable bonds is 2. The summed E-state index contributed by atoms with van der Waals surface area (Å²) in [5.41, 5.74) is 8.11. The van der Waals surface area contributed by atoms with E-state index in [0.29, 0.717) is 24.0 Å². The molecule has 6 nitrogen and oxygen atoms in total. The normalized spacial score (nSPS) is 21.5.